The van der Waals surface area contributed by atoms with Gasteiger partial charge in [0.25, 0.3) is 5.91 Å². The molecule has 0 unspecified atom stereocenters. The highest BCUT2D eigenvalue weighted by atomic mass is 16.5. The van der Waals surface area contributed by atoms with Gasteiger partial charge in [0.2, 0.25) is 5.88 Å². The van der Waals surface area contributed by atoms with Crippen molar-refractivity contribution in [1.29, 1.82) is 0 Å². The van der Waals surface area contributed by atoms with Crippen LogP contribution in [0.1, 0.15) is 30.5 Å². The number of hydrogen-bond acceptors (Lipinski definition) is 5. The minimum absolute atomic E-state index is 0.0483. The summed E-state index contributed by atoms with van der Waals surface area (Å²) in [5.41, 5.74) is 2.75. The summed E-state index contributed by atoms with van der Waals surface area (Å²) in [5.74, 6) is 0.324. The summed E-state index contributed by atoms with van der Waals surface area (Å²) in [4.78, 5) is 16.7. The van der Waals surface area contributed by atoms with Crippen molar-refractivity contribution in [2.45, 2.75) is 51.4 Å². The maximum Gasteiger partial charge on any atom is 0.258 e. The zero-order chi connectivity index (χ0) is 16.8. The fourth-order valence-electron chi connectivity index (χ4n) is 3.82. The van der Waals surface area contributed by atoms with Gasteiger partial charge in [0, 0.05) is 12.7 Å². The Morgan fingerprint density at radius 3 is 3.00 bits per heavy atom. The van der Waals surface area contributed by atoms with Crippen molar-refractivity contribution in [2.75, 3.05) is 6.61 Å². The lowest BCUT2D eigenvalue weighted by molar-refractivity contribution is -0.124. The fraction of sp³-hybridized carbons (Fsp3) is 0.588. The van der Waals surface area contributed by atoms with Crippen molar-refractivity contribution in [1.82, 2.24) is 20.1 Å². The summed E-state index contributed by atoms with van der Waals surface area (Å²) in [6, 6.07) is 2.11. The highest BCUT2D eigenvalue weighted by Crippen LogP contribution is 2.34. The van der Waals surface area contributed by atoms with Gasteiger partial charge in [-0.05, 0) is 44.7 Å². The zero-order valence-electron chi connectivity index (χ0n) is 14.2. The van der Waals surface area contributed by atoms with Crippen LogP contribution in [0, 0.1) is 13.8 Å². The maximum atomic E-state index is 12.2. The first-order valence-electron chi connectivity index (χ1n) is 8.40. The van der Waals surface area contributed by atoms with E-state index in [4.69, 9.17) is 9.47 Å². The monoisotopic (exact) mass is 330 g/mol. The molecule has 2 aliphatic rings. The van der Waals surface area contributed by atoms with E-state index < -0.39 is 0 Å². The average Bonchev–Trinajstić information content (AvgIpc) is 3.20. The van der Waals surface area contributed by atoms with Crippen LogP contribution in [0.3, 0.4) is 0 Å². The van der Waals surface area contributed by atoms with Gasteiger partial charge in [0.15, 0.2) is 12.3 Å². The molecular formula is C17H22N4O3. The first-order chi connectivity index (χ1) is 11.5. The lowest BCUT2D eigenvalue weighted by atomic mass is 9.95. The fourth-order valence-corrected chi connectivity index (χ4v) is 3.82. The Kier molecular flexibility index (Phi) is 3.68. The molecule has 0 aromatic carbocycles. The molecule has 2 saturated heterocycles. The Labute approximate surface area is 140 Å². The third-order valence-electron chi connectivity index (χ3n) is 4.88. The van der Waals surface area contributed by atoms with Crippen molar-refractivity contribution in [3.8, 4) is 5.88 Å². The molecule has 2 aromatic heterocycles. The second kappa shape index (κ2) is 5.73. The number of ether oxygens (including phenoxy) is 2. The summed E-state index contributed by atoms with van der Waals surface area (Å²) >= 11 is 0. The molecule has 0 aliphatic carbocycles. The molecule has 2 fully saturated rings. The second-order valence-electron chi connectivity index (χ2n) is 6.78. The van der Waals surface area contributed by atoms with Crippen LogP contribution in [-0.2, 0) is 16.6 Å². The number of nitrogens with one attached hydrogen (secondary N) is 1. The predicted octanol–water partition coefficient (Wildman–Crippen LogP) is 1.40. The van der Waals surface area contributed by atoms with Crippen molar-refractivity contribution in [3.63, 3.8) is 0 Å². The van der Waals surface area contributed by atoms with Crippen molar-refractivity contribution in [2.24, 2.45) is 7.05 Å². The van der Waals surface area contributed by atoms with E-state index in [1.54, 1.807) is 4.68 Å². The van der Waals surface area contributed by atoms with E-state index in [0.717, 1.165) is 41.6 Å². The van der Waals surface area contributed by atoms with Crippen LogP contribution in [0.5, 0.6) is 5.88 Å². The van der Waals surface area contributed by atoms with Gasteiger partial charge in [-0.25, -0.2) is 9.67 Å². The van der Waals surface area contributed by atoms with Crippen LogP contribution in [-0.4, -0.2) is 45.5 Å². The molecule has 2 aliphatic heterocycles. The Morgan fingerprint density at radius 2 is 2.29 bits per heavy atom. The zero-order valence-corrected chi connectivity index (χ0v) is 14.2. The number of pyridine rings is 1. The normalized spacial score (nSPS) is 25.4. The van der Waals surface area contributed by atoms with Gasteiger partial charge in [-0.2, -0.15) is 0 Å². The van der Waals surface area contributed by atoms with Crippen molar-refractivity contribution in [3.05, 3.63) is 17.3 Å². The molecule has 1 amide bonds. The summed E-state index contributed by atoms with van der Waals surface area (Å²) in [6.07, 6.45) is 3.54. The smallest absolute Gasteiger partial charge is 0.258 e. The van der Waals surface area contributed by atoms with Crippen LogP contribution in [0.15, 0.2) is 6.07 Å². The molecule has 7 nitrogen and oxygen atoms in total. The van der Waals surface area contributed by atoms with Crippen molar-refractivity contribution < 1.29 is 14.3 Å². The topological polar surface area (TPSA) is 78.3 Å². The number of aryl methyl sites for hydroxylation is 3. The maximum absolute atomic E-state index is 12.2. The quantitative estimate of drug-likeness (QED) is 0.917. The second-order valence-corrected chi connectivity index (χ2v) is 6.78. The number of carbonyl (C=O) groups is 1. The molecule has 7 heteroatoms. The predicted molar refractivity (Wildman–Crippen MR) is 87.9 cm³/mol. The minimum Gasteiger partial charge on any atom is -0.466 e. The molecule has 0 spiro atoms. The van der Waals surface area contributed by atoms with Crippen molar-refractivity contribution >= 4 is 16.9 Å². The van der Waals surface area contributed by atoms with Gasteiger partial charge in [0.05, 0.1) is 23.6 Å². The molecule has 2 bridgehead atoms. The third kappa shape index (κ3) is 2.62. The van der Waals surface area contributed by atoms with E-state index in [1.165, 1.54) is 0 Å². The van der Waals surface area contributed by atoms with Crippen LogP contribution in [0.2, 0.25) is 0 Å². The van der Waals surface area contributed by atoms with E-state index in [1.807, 2.05) is 27.0 Å². The largest absolute Gasteiger partial charge is 0.466 e. The first kappa shape index (κ1) is 15.4. The third-order valence-corrected chi connectivity index (χ3v) is 4.88. The number of amides is 1. The molecule has 3 atom stereocenters. The van der Waals surface area contributed by atoms with E-state index in [-0.39, 0.29) is 24.7 Å². The van der Waals surface area contributed by atoms with Gasteiger partial charge in [-0.1, -0.05) is 0 Å². The van der Waals surface area contributed by atoms with Crippen LogP contribution < -0.4 is 10.1 Å². The number of hydrogen-bond donors (Lipinski definition) is 1. The van der Waals surface area contributed by atoms with E-state index in [0.29, 0.717) is 12.0 Å². The highest BCUT2D eigenvalue weighted by Gasteiger charge is 2.41. The number of aromatic nitrogens is 3. The van der Waals surface area contributed by atoms with Crippen LogP contribution in [0.4, 0.5) is 0 Å². The summed E-state index contributed by atoms with van der Waals surface area (Å²) < 4.78 is 13.1. The molecule has 24 heavy (non-hydrogen) atoms. The lowest BCUT2D eigenvalue weighted by Gasteiger charge is -2.19. The molecule has 2 aromatic rings. The number of fused-ring (bicyclic) bond motifs is 3. The standard InChI is InChI=1S/C17H22N4O3/c1-9-6-10(2)18-16-15(9)17(20-21(16)3)23-8-14(22)19-12-7-11-4-5-13(12)24-11/h6,11-13H,4-5,7-8H2,1-3H3,(H,19,22)/t11-,12+,13-/m1/s1. The Morgan fingerprint density at radius 1 is 1.46 bits per heavy atom. The highest BCUT2D eigenvalue weighted by molar-refractivity contribution is 5.85. The minimum atomic E-state index is -0.132. The molecule has 4 rings (SSSR count). The summed E-state index contributed by atoms with van der Waals surface area (Å²) in [5, 5.41) is 8.24. The molecular weight excluding hydrogens is 308 g/mol. The Bertz CT molecular complexity index is 801. The van der Waals surface area contributed by atoms with Gasteiger partial charge in [0.1, 0.15) is 0 Å². The van der Waals surface area contributed by atoms with Crippen LogP contribution in [0.25, 0.3) is 11.0 Å². The van der Waals surface area contributed by atoms with E-state index in [9.17, 15) is 4.79 Å². The molecule has 0 radical (unpaired) electrons. The van der Waals surface area contributed by atoms with Gasteiger partial charge in [-0.3, -0.25) is 4.79 Å². The van der Waals surface area contributed by atoms with E-state index >= 15 is 0 Å². The average molecular weight is 330 g/mol. The van der Waals surface area contributed by atoms with Crippen LogP contribution >= 0.6 is 0 Å². The molecule has 4 heterocycles. The van der Waals surface area contributed by atoms with Gasteiger partial charge in [-0.15, -0.1) is 5.10 Å². The number of rotatable bonds is 4. The molecule has 0 saturated carbocycles. The first-order valence-corrected chi connectivity index (χ1v) is 8.40. The SMILES string of the molecule is Cc1cc(C)c2c(OCC(=O)N[C@H]3C[C@H]4CC[C@H]3O4)nn(C)c2n1. The Hall–Kier alpha value is -2.15. The Balaban J connectivity index is 1.44. The van der Waals surface area contributed by atoms with E-state index in [2.05, 4.69) is 15.4 Å². The number of nitrogens with zero attached hydrogens (tertiary/aromatic N) is 3. The lowest BCUT2D eigenvalue weighted by Crippen LogP contribution is -2.43. The van der Waals surface area contributed by atoms with Gasteiger partial charge < -0.3 is 14.8 Å². The number of carbonyl (C=O) groups excluding carboxylic acids is 1. The van der Waals surface area contributed by atoms with Gasteiger partial charge >= 0.3 is 0 Å². The molecule has 128 valence electrons. The molecule has 1 N–H and O–H groups in total. The summed E-state index contributed by atoms with van der Waals surface area (Å²) in [6.45, 7) is 3.90. The summed E-state index contributed by atoms with van der Waals surface area (Å²) in [7, 11) is 1.83.